The van der Waals surface area contributed by atoms with Gasteiger partial charge >= 0.3 is 0 Å². The summed E-state index contributed by atoms with van der Waals surface area (Å²) in [7, 11) is 0. The molecule has 2 aliphatic rings. The summed E-state index contributed by atoms with van der Waals surface area (Å²) in [4.78, 5) is 35.9. The number of benzene rings is 1. The highest BCUT2D eigenvalue weighted by molar-refractivity contribution is 6.12. The Morgan fingerprint density at radius 1 is 0.957 bits per heavy atom. The first-order valence-corrected chi connectivity index (χ1v) is 8.25. The minimum atomic E-state index is -0.786. The smallest absolute Gasteiger partial charge is 0.146 e. The molecule has 2 aliphatic carbocycles. The number of Topliss-reactive ketones (excluding diaryl/α,β-unsaturated/α-hetero) is 2. The normalized spacial score (nSPS) is 22.4. The molecule has 2 saturated carbocycles. The summed E-state index contributed by atoms with van der Waals surface area (Å²) < 4.78 is 5.76. The standard InChI is InChI=1S/C19H22O4/c20-13-18(14-23-12-15-4-2-1-3-5-15)8-10-19(11-9-18)16(21)6-7-17(19)22/h1-5,13H,6-12,14H2. The van der Waals surface area contributed by atoms with Crippen molar-refractivity contribution in [1.29, 1.82) is 0 Å². The fourth-order valence-corrected chi connectivity index (χ4v) is 3.84. The van der Waals surface area contributed by atoms with Gasteiger partial charge in [-0.05, 0) is 31.2 Å². The number of hydrogen-bond acceptors (Lipinski definition) is 4. The molecule has 1 aromatic carbocycles. The number of rotatable bonds is 5. The molecule has 1 aromatic rings. The Kier molecular flexibility index (Phi) is 4.44. The van der Waals surface area contributed by atoms with Crippen LogP contribution in [0.5, 0.6) is 0 Å². The molecular formula is C19H22O4. The van der Waals surface area contributed by atoms with Gasteiger partial charge in [-0.15, -0.1) is 0 Å². The van der Waals surface area contributed by atoms with Gasteiger partial charge in [0.25, 0.3) is 0 Å². The van der Waals surface area contributed by atoms with Crippen LogP contribution in [0.1, 0.15) is 44.1 Å². The van der Waals surface area contributed by atoms with Gasteiger partial charge < -0.3 is 9.53 Å². The van der Waals surface area contributed by atoms with Crippen LogP contribution in [0.15, 0.2) is 30.3 Å². The van der Waals surface area contributed by atoms with Crippen molar-refractivity contribution in [1.82, 2.24) is 0 Å². The van der Waals surface area contributed by atoms with Crippen LogP contribution >= 0.6 is 0 Å². The second kappa shape index (κ2) is 6.36. The number of hydrogen-bond donors (Lipinski definition) is 0. The van der Waals surface area contributed by atoms with E-state index >= 15 is 0 Å². The number of aldehydes is 1. The lowest BCUT2D eigenvalue weighted by Crippen LogP contribution is -2.43. The molecule has 3 rings (SSSR count). The highest BCUT2D eigenvalue weighted by Crippen LogP contribution is 2.49. The highest BCUT2D eigenvalue weighted by Gasteiger charge is 2.53. The van der Waals surface area contributed by atoms with Gasteiger partial charge in [0.15, 0.2) is 0 Å². The van der Waals surface area contributed by atoms with Gasteiger partial charge in [0.05, 0.1) is 18.6 Å². The largest absolute Gasteiger partial charge is 0.376 e. The Hall–Kier alpha value is -1.81. The van der Waals surface area contributed by atoms with E-state index in [1.54, 1.807) is 0 Å². The van der Waals surface area contributed by atoms with E-state index in [9.17, 15) is 14.4 Å². The SMILES string of the molecule is O=CC1(COCc2ccccc2)CCC2(CC1)C(=O)CCC2=O. The molecule has 2 fully saturated rings. The molecule has 0 radical (unpaired) electrons. The zero-order valence-corrected chi connectivity index (χ0v) is 13.3. The zero-order valence-electron chi connectivity index (χ0n) is 13.3. The Morgan fingerprint density at radius 3 is 2.13 bits per heavy atom. The minimum Gasteiger partial charge on any atom is -0.376 e. The fraction of sp³-hybridized carbons (Fsp3) is 0.526. The lowest BCUT2D eigenvalue weighted by molar-refractivity contribution is -0.142. The van der Waals surface area contributed by atoms with Gasteiger partial charge in [-0.25, -0.2) is 0 Å². The van der Waals surface area contributed by atoms with Crippen molar-refractivity contribution in [3.63, 3.8) is 0 Å². The third-order valence-electron chi connectivity index (χ3n) is 5.50. The molecule has 4 heteroatoms. The van der Waals surface area contributed by atoms with Crippen LogP contribution in [0.4, 0.5) is 0 Å². The summed E-state index contributed by atoms with van der Waals surface area (Å²) >= 11 is 0. The third kappa shape index (κ3) is 3.00. The number of carbonyl (C=O) groups is 3. The molecule has 0 bridgehead atoms. The molecule has 0 N–H and O–H groups in total. The van der Waals surface area contributed by atoms with Crippen LogP contribution < -0.4 is 0 Å². The molecule has 0 aliphatic heterocycles. The van der Waals surface area contributed by atoms with E-state index in [0.29, 0.717) is 51.7 Å². The van der Waals surface area contributed by atoms with E-state index in [1.807, 2.05) is 30.3 Å². The molecule has 122 valence electrons. The molecule has 0 atom stereocenters. The summed E-state index contributed by atoms with van der Waals surface area (Å²) in [6.07, 6.45) is 3.82. The van der Waals surface area contributed by atoms with Gasteiger partial charge in [0.1, 0.15) is 17.9 Å². The Morgan fingerprint density at radius 2 is 1.57 bits per heavy atom. The van der Waals surface area contributed by atoms with Crippen molar-refractivity contribution >= 4 is 17.9 Å². The maximum atomic E-state index is 12.1. The van der Waals surface area contributed by atoms with Crippen LogP contribution in [0.3, 0.4) is 0 Å². The molecule has 0 amide bonds. The molecular weight excluding hydrogens is 292 g/mol. The molecule has 1 spiro atoms. The van der Waals surface area contributed by atoms with E-state index in [4.69, 9.17) is 4.74 Å². The molecule has 0 heterocycles. The van der Waals surface area contributed by atoms with Crippen molar-refractivity contribution in [2.24, 2.45) is 10.8 Å². The van der Waals surface area contributed by atoms with E-state index in [-0.39, 0.29) is 11.6 Å². The first-order valence-electron chi connectivity index (χ1n) is 8.25. The van der Waals surface area contributed by atoms with Gasteiger partial charge in [-0.2, -0.15) is 0 Å². The molecule has 23 heavy (non-hydrogen) atoms. The van der Waals surface area contributed by atoms with Crippen LogP contribution in [-0.4, -0.2) is 24.5 Å². The average molecular weight is 314 g/mol. The van der Waals surface area contributed by atoms with Crippen LogP contribution in [0.2, 0.25) is 0 Å². The maximum Gasteiger partial charge on any atom is 0.146 e. The van der Waals surface area contributed by atoms with Crippen LogP contribution in [-0.2, 0) is 25.7 Å². The van der Waals surface area contributed by atoms with Crippen molar-refractivity contribution < 1.29 is 19.1 Å². The lowest BCUT2D eigenvalue weighted by atomic mass is 9.63. The second-order valence-electron chi connectivity index (χ2n) is 6.89. The van der Waals surface area contributed by atoms with Crippen LogP contribution in [0, 0.1) is 10.8 Å². The van der Waals surface area contributed by atoms with Crippen molar-refractivity contribution in [2.75, 3.05) is 6.61 Å². The second-order valence-corrected chi connectivity index (χ2v) is 6.89. The summed E-state index contributed by atoms with van der Waals surface area (Å²) in [5, 5.41) is 0. The van der Waals surface area contributed by atoms with Gasteiger partial charge in [0, 0.05) is 18.3 Å². The summed E-state index contributed by atoms with van der Waals surface area (Å²) in [5.41, 5.74) is -0.267. The third-order valence-corrected chi connectivity index (χ3v) is 5.50. The number of carbonyl (C=O) groups excluding carboxylic acids is 3. The monoisotopic (exact) mass is 314 g/mol. The van der Waals surface area contributed by atoms with E-state index in [0.717, 1.165) is 11.8 Å². The Balaban J connectivity index is 1.59. The molecule has 0 unspecified atom stereocenters. The molecule has 4 nitrogen and oxygen atoms in total. The first kappa shape index (κ1) is 16.1. The van der Waals surface area contributed by atoms with Crippen molar-refractivity contribution in [3.8, 4) is 0 Å². The van der Waals surface area contributed by atoms with E-state index < -0.39 is 10.8 Å². The predicted molar refractivity (Wildman–Crippen MR) is 84.7 cm³/mol. The average Bonchev–Trinajstić information content (AvgIpc) is 2.86. The topological polar surface area (TPSA) is 60.4 Å². The van der Waals surface area contributed by atoms with Gasteiger partial charge in [0.2, 0.25) is 0 Å². The minimum absolute atomic E-state index is 0.0761. The van der Waals surface area contributed by atoms with Crippen molar-refractivity contribution in [3.05, 3.63) is 35.9 Å². The van der Waals surface area contributed by atoms with Gasteiger partial charge in [-0.3, -0.25) is 9.59 Å². The number of ether oxygens (including phenoxy) is 1. The first-order chi connectivity index (χ1) is 11.1. The summed E-state index contributed by atoms with van der Waals surface area (Å²) in [6.45, 7) is 0.823. The van der Waals surface area contributed by atoms with E-state index in [2.05, 4.69) is 0 Å². The van der Waals surface area contributed by atoms with Crippen molar-refractivity contribution in [2.45, 2.75) is 45.1 Å². The zero-order chi connectivity index (χ0) is 16.3. The predicted octanol–water partition coefficient (Wildman–Crippen LogP) is 2.88. The fourth-order valence-electron chi connectivity index (χ4n) is 3.84. The van der Waals surface area contributed by atoms with E-state index in [1.165, 1.54) is 0 Å². The molecule has 0 saturated heterocycles. The molecule has 0 aromatic heterocycles. The lowest BCUT2D eigenvalue weighted by Gasteiger charge is -2.40. The van der Waals surface area contributed by atoms with Gasteiger partial charge in [-0.1, -0.05) is 30.3 Å². The maximum absolute atomic E-state index is 12.1. The van der Waals surface area contributed by atoms with Crippen LogP contribution in [0.25, 0.3) is 0 Å². The highest BCUT2D eigenvalue weighted by atomic mass is 16.5. The Bertz CT molecular complexity index is 579. The summed E-state index contributed by atoms with van der Waals surface area (Å²) in [6, 6.07) is 9.83. The quantitative estimate of drug-likeness (QED) is 0.619. The Labute approximate surface area is 136 Å². The number of ketones is 2. The summed E-state index contributed by atoms with van der Waals surface area (Å²) in [5.74, 6) is 0.152.